The lowest BCUT2D eigenvalue weighted by molar-refractivity contribution is -0.123. The lowest BCUT2D eigenvalue weighted by Gasteiger charge is -2.33. The highest BCUT2D eigenvalue weighted by atomic mass is 32.2. The second kappa shape index (κ2) is 9.13. The van der Waals surface area contributed by atoms with E-state index < -0.39 is 10.0 Å². The normalized spacial score (nSPS) is 24.2. The SMILES string of the molecule is Cn1cc(S(=O)(=O)NCCN2CCCC(CNC(=O)C3CCCN3)C2)cn1. The third kappa shape index (κ3) is 5.74. The fourth-order valence-electron chi connectivity index (χ4n) is 3.76. The van der Waals surface area contributed by atoms with Gasteiger partial charge in [0.05, 0.1) is 12.2 Å². The molecule has 1 aromatic heterocycles. The van der Waals surface area contributed by atoms with Crippen LogP contribution in [0.1, 0.15) is 25.7 Å². The Hall–Kier alpha value is -1.49. The number of hydrogen-bond acceptors (Lipinski definition) is 6. The van der Waals surface area contributed by atoms with Gasteiger partial charge in [0, 0.05) is 39.4 Å². The maximum atomic E-state index is 12.2. The van der Waals surface area contributed by atoms with Crippen LogP contribution in [-0.4, -0.2) is 74.3 Å². The molecule has 3 heterocycles. The summed E-state index contributed by atoms with van der Waals surface area (Å²) in [6, 6.07) is -0.0356. The summed E-state index contributed by atoms with van der Waals surface area (Å²) in [7, 11) is -1.82. The number of piperidine rings is 1. The molecule has 1 amide bonds. The molecule has 3 N–H and O–H groups in total. The van der Waals surface area contributed by atoms with Gasteiger partial charge in [-0.2, -0.15) is 5.10 Å². The van der Waals surface area contributed by atoms with Crippen LogP contribution < -0.4 is 15.4 Å². The number of likely N-dealkylation sites (tertiary alicyclic amines) is 1. The van der Waals surface area contributed by atoms with E-state index in [-0.39, 0.29) is 16.8 Å². The van der Waals surface area contributed by atoms with Crippen LogP contribution in [0.4, 0.5) is 0 Å². The van der Waals surface area contributed by atoms with Crippen molar-refractivity contribution in [2.75, 3.05) is 39.3 Å². The minimum absolute atomic E-state index is 0.0356. The molecule has 3 rings (SSSR count). The van der Waals surface area contributed by atoms with Crippen LogP contribution in [0.25, 0.3) is 0 Å². The molecule has 0 radical (unpaired) electrons. The molecule has 9 nitrogen and oxygen atoms in total. The van der Waals surface area contributed by atoms with Crippen molar-refractivity contribution < 1.29 is 13.2 Å². The number of nitrogens with zero attached hydrogens (tertiary/aromatic N) is 3. The molecule has 2 aliphatic heterocycles. The highest BCUT2D eigenvalue weighted by Gasteiger charge is 2.25. The van der Waals surface area contributed by atoms with E-state index in [4.69, 9.17) is 0 Å². The van der Waals surface area contributed by atoms with Gasteiger partial charge in [-0.05, 0) is 44.7 Å². The molecule has 2 aliphatic rings. The van der Waals surface area contributed by atoms with Crippen LogP contribution in [0.3, 0.4) is 0 Å². The van der Waals surface area contributed by atoms with Crippen molar-refractivity contribution in [3.63, 3.8) is 0 Å². The predicted octanol–water partition coefficient (Wildman–Crippen LogP) is -0.721. The largest absolute Gasteiger partial charge is 0.354 e. The Morgan fingerprint density at radius 3 is 2.93 bits per heavy atom. The van der Waals surface area contributed by atoms with Crippen LogP contribution in [0.5, 0.6) is 0 Å². The van der Waals surface area contributed by atoms with Crippen molar-refractivity contribution >= 4 is 15.9 Å². The smallest absolute Gasteiger partial charge is 0.243 e. The molecule has 0 aliphatic carbocycles. The van der Waals surface area contributed by atoms with Gasteiger partial charge in [0.15, 0.2) is 0 Å². The summed E-state index contributed by atoms with van der Waals surface area (Å²) in [4.78, 5) is 14.6. The van der Waals surface area contributed by atoms with Gasteiger partial charge in [0.25, 0.3) is 0 Å². The zero-order valence-electron chi connectivity index (χ0n) is 15.9. The lowest BCUT2D eigenvalue weighted by atomic mass is 9.98. The van der Waals surface area contributed by atoms with Crippen molar-refractivity contribution in [2.24, 2.45) is 13.0 Å². The summed E-state index contributed by atoms with van der Waals surface area (Å²) in [5.41, 5.74) is 0. The molecule has 0 bridgehead atoms. The Morgan fingerprint density at radius 2 is 2.22 bits per heavy atom. The Kier molecular flexibility index (Phi) is 6.85. The minimum Gasteiger partial charge on any atom is -0.354 e. The van der Waals surface area contributed by atoms with E-state index in [0.717, 1.165) is 45.3 Å². The second-order valence-corrected chi connectivity index (χ2v) is 9.22. The van der Waals surface area contributed by atoms with Gasteiger partial charge in [-0.15, -0.1) is 0 Å². The monoisotopic (exact) mass is 398 g/mol. The third-order valence-corrected chi connectivity index (χ3v) is 6.67. The number of carbonyl (C=O) groups excluding carboxylic acids is 1. The Bertz CT molecular complexity index is 729. The standard InChI is InChI=1S/C17H30N6O3S/c1-22-13-15(11-20-22)27(25,26)21-7-9-23-8-3-4-14(12-23)10-19-17(24)16-5-2-6-18-16/h11,13-14,16,18,21H,2-10,12H2,1H3,(H,19,24). The van der Waals surface area contributed by atoms with Crippen LogP contribution in [-0.2, 0) is 21.9 Å². The molecule has 152 valence electrons. The first kappa shape index (κ1) is 20.2. The van der Waals surface area contributed by atoms with Crippen LogP contribution in [0.15, 0.2) is 17.3 Å². The number of nitrogens with one attached hydrogen (secondary N) is 3. The van der Waals surface area contributed by atoms with Gasteiger partial charge in [0.1, 0.15) is 4.90 Å². The van der Waals surface area contributed by atoms with Crippen molar-refractivity contribution in [2.45, 2.75) is 36.6 Å². The molecule has 27 heavy (non-hydrogen) atoms. The van der Waals surface area contributed by atoms with Gasteiger partial charge in [-0.25, -0.2) is 13.1 Å². The quantitative estimate of drug-likeness (QED) is 0.533. The Balaban J connectivity index is 1.38. The van der Waals surface area contributed by atoms with Crippen molar-refractivity contribution in [1.29, 1.82) is 0 Å². The summed E-state index contributed by atoms with van der Waals surface area (Å²) in [6.45, 7) is 4.48. The van der Waals surface area contributed by atoms with Crippen molar-refractivity contribution in [3.05, 3.63) is 12.4 Å². The fraction of sp³-hybridized carbons (Fsp3) is 0.765. The fourth-order valence-corrected chi connectivity index (χ4v) is 4.76. The van der Waals surface area contributed by atoms with Gasteiger partial charge >= 0.3 is 0 Å². The summed E-state index contributed by atoms with van der Waals surface area (Å²) < 4.78 is 28.5. The van der Waals surface area contributed by atoms with Crippen molar-refractivity contribution in [3.8, 4) is 0 Å². The first-order chi connectivity index (χ1) is 12.9. The number of aromatic nitrogens is 2. The van der Waals surface area contributed by atoms with Gasteiger partial charge in [-0.3, -0.25) is 9.48 Å². The topological polar surface area (TPSA) is 108 Å². The van der Waals surface area contributed by atoms with Gasteiger partial charge in [-0.1, -0.05) is 0 Å². The van der Waals surface area contributed by atoms with E-state index in [1.807, 2.05) is 0 Å². The van der Waals surface area contributed by atoms with Crippen LogP contribution in [0, 0.1) is 5.92 Å². The third-order valence-electron chi connectivity index (χ3n) is 5.26. The van der Waals surface area contributed by atoms with Crippen molar-refractivity contribution in [1.82, 2.24) is 30.0 Å². The molecule has 10 heteroatoms. The van der Waals surface area contributed by atoms with Crippen LogP contribution >= 0.6 is 0 Å². The van der Waals surface area contributed by atoms with Crippen LogP contribution in [0.2, 0.25) is 0 Å². The number of sulfonamides is 1. The molecule has 1 aromatic rings. The predicted molar refractivity (Wildman–Crippen MR) is 102 cm³/mol. The number of hydrogen-bond donors (Lipinski definition) is 3. The van der Waals surface area contributed by atoms with E-state index in [1.165, 1.54) is 17.1 Å². The zero-order chi connectivity index (χ0) is 19.3. The number of rotatable bonds is 8. The molecule has 2 saturated heterocycles. The Labute approximate surface area is 160 Å². The van der Waals surface area contributed by atoms with E-state index in [0.29, 0.717) is 25.6 Å². The molecule has 0 aromatic carbocycles. The first-order valence-electron chi connectivity index (χ1n) is 9.66. The number of carbonyl (C=O) groups is 1. The van der Waals surface area contributed by atoms with E-state index in [9.17, 15) is 13.2 Å². The highest BCUT2D eigenvalue weighted by molar-refractivity contribution is 7.89. The summed E-state index contributed by atoms with van der Waals surface area (Å²) in [5.74, 6) is 0.521. The van der Waals surface area contributed by atoms with E-state index >= 15 is 0 Å². The molecular formula is C17H30N6O3S. The molecule has 0 saturated carbocycles. The van der Waals surface area contributed by atoms with E-state index in [2.05, 4.69) is 25.4 Å². The average molecular weight is 399 g/mol. The zero-order valence-corrected chi connectivity index (χ0v) is 16.7. The lowest BCUT2D eigenvalue weighted by Crippen LogP contribution is -2.46. The molecule has 2 fully saturated rings. The molecular weight excluding hydrogens is 368 g/mol. The average Bonchev–Trinajstić information content (AvgIpc) is 3.32. The maximum absolute atomic E-state index is 12.2. The Morgan fingerprint density at radius 1 is 1.37 bits per heavy atom. The highest BCUT2D eigenvalue weighted by Crippen LogP contribution is 2.16. The number of aryl methyl sites for hydroxylation is 1. The minimum atomic E-state index is -3.51. The summed E-state index contributed by atoms with van der Waals surface area (Å²) in [6.07, 6.45) is 6.97. The second-order valence-electron chi connectivity index (χ2n) is 7.45. The van der Waals surface area contributed by atoms with Gasteiger partial charge < -0.3 is 15.5 Å². The molecule has 2 atom stereocenters. The molecule has 2 unspecified atom stereocenters. The maximum Gasteiger partial charge on any atom is 0.243 e. The van der Waals surface area contributed by atoms with E-state index in [1.54, 1.807) is 7.05 Å². The number of amides is 1. The summed E-state index contributed by atoms with van der Waals surface area (Å²) in [5, 5.41) is 10.2. The first-order valence-corrected chi connectivity index (χ1v) is 11.1. The molecule has 0 spiro atoms. The summed E-state index contributed by atoms with van der Waals surface area (Å²) >= 11 is 0. The van der Waals surface area contributed by atoms with Gasteiger partial charge in [0.2, 0.25) is 15.9 Å².